The molecular weight excluding hydrogens is 400 g/mol. The normalized spacial score (nSPS) is 13.2. The molecule has 0 saturated carbocycles. The summed E-state index contributed by atoms with van der Waals surface area (Å²) in [6.07, 6.45) is 0. The summed E-state index contributed by atoms with van der Waals surface area (Å²) in [6, 6.07) is 24.2. The zero-order valence-corrected chi connectivity index (χ0v) is 16.5. The van der Waals surface area contributed by atoms with Gasteiger partial charge >= 0.3 is 0 Å². The van der Waals surface area contributed by atoms with Crippen LogP contribution in [0.1, 0.15) is 21.2 Å². The smallest absolute Gasteiger partial charge is 0.277 e. The molecule has 30 heavy (non-hydrogen) atoms. The van der Waals surface area contributed by atoms with Gasteiger partial charge in [0.2, 0.25) is 12.7 Å². The van der Waals surface area contributed by atoms with E-state index in [-0.39, 0.29) is 12.6 Å². The Morgan fingerprint density at radius 2 is 1.60 bits per heavy atom. The lowest BCUT2D eigenvalue weighted by Gasteiger charge is -2.14. The number of hydrogen-bond acceptors (Lipinski definition) is 7. The number of carbonyl (C=O) groups is 1. The van der Waals surface area contributed by atoms with Crippen molar-refractivity contribution in [2.75, 3.05) is 6.79 Å². The molecule has 0 radical (unpaired) electrons. The topological polar surface area (TPSA) is 74.5 Å². The Bertz CT molecular complexity index is 1180. The predicted molar refractivity (Wildman–Crippen MR) is 112 cm³/mol. The van der Waals surface area contributed by atoms with Gasteiger partial charge in [0.05, 0.1) is 0 Å². The van der Waals surface area contributed by atoms with Crippen LogP contribution in [0, 0.1) is 0 Å². The van der Waals surface area contributed by atoms with Crippen molar-refractivity contribution in [2.24, 2.45) is 0 Å². The van der Waals surface area contributed by atoms with Gasteiger partial charge in [-0.3, -0.25) is 4.79 Å². The Labute approximate surface area is 176 Å². The number of fused-ring (bicyclic) bond motifs is 1. The molecule has 0 bridgehead atoms. The fourth-order valence-corrected chi connectivity index (χ4v) is 4.11. The third-order valence-corrected chi connectivity index (χ3v) is 5.73. The molecule has 1 unspecified atom stereocenters. The molecule has 1 aliphatic heterocycles. The highest BCUT2D eigenvalue weighted by Gasteiger charge is 2.26. The number of benzene rings is 3. The van der Waals surface area contributed by atoms with Crippen LogP contribution in [0.3, 0.4) is 0 Å². The summed E-state index contributed by atoms with van der Waals surface area (Å²) in [5, 5.41) is 8.11. The molecule has 0 amide bonds. The van der Waals surface area contributed by atoms with Gasteiger partial charge in [0.25, 0.3) is 5.22 Å². The summed E-state index contributed by atoms with van der Waals surface area (Å²) < 4.78 is 16.6. The van der Waals surface area contributed by atoms with Gasteiger partial charge in [-0.2, -0.15) is 0 Å². The number of thioether (sulfide) groups is 1. The van der Waals surface area contributed by atoms with Gasteiger partial charge in [0.1, 0.15) is 5.25 Å². The molecule has 1 atom stereocenters. The SMILES string of the molecule is O=C(c1ccccc1)C(Sc1nnc(-c2ccc3c(c2)OCO3)o1)c1ccccc1. The Kier molecular flexibility index (Phi) is 4.94. The molecule has 6 nitrogen and oxygen atoms in total. The van der Waals surface area contributed by atoms with Gasteiger partial charge in [-0.1, -0.05) is 60.7 Å². The van der Waals surface area contributed by atoms with Crippen molar-refractivity contribution in [3.05, 3.63) is 90.0 Å². The quantitative estimate of drug-likeness (QED) is 0.317. The number of Topliss-reactive ketones (excluding diaryl/α,β-unsaturated/α-hetero) is 1. The lowest BCUT2D eigenvalue weighted by molar-refractivity contribution is 0.0989. The first kappa shape index (κ1) is 18.4. The van der Waals surface area contributed by atoms with E-state index in [2.05, 4.69) is 10.2 Å². The average Bonchev–Trinajstić information content (AvgIpc) is 3.47. The fraction of sp³-hybridized carbons (Fsp3) is 0.0870. The number of nitrogens with zero attached hydrogens (tertiary/aromatic N) is 2. The first-order valence-corrected chi connectivity index (χ1v) is 10.2. The van der Waals surface area contributed by atoms with Crippen molar-refractivity contribution in [2.45, 2.75) is 10.5 Å². The van der Waals surface area contributed by atoms with E-state index in [1.165, 1.54) is 11.8 Å². The van der Waals surface area contributed by atoms with Crippen LogP contribution in [0.25, 0.3) is 11.5 Å². The summed E-state index contributed by atoms with van der Waals surface area (Å²) in [5.41, 5.74) is 2.23. The van der Waals surface area contributed by atoms with Crippen LogP contribution in [-0.2, 0) is 0 Å². The summed E-state index contributed by atoms with van der Waals surface area (Å²) in [7, 11) is 0. The maximum Gasteiger partial charge on any atom is 0.277 e. The van der Waals surface area contributed by atoms with E-state index in [1.807, 2.05) is 66.7 Å². The lowest BCUT2D eigenvalue weighted by atomic mass is 10.0. The van der Waals surface area contributed by atoms with E-state index in [9.17, 15) is 4.79 Å². The highest BCUT2D eigenvalue weighted by atomic mass is 32.2. The number of aromatic nitrogens is 2. The van der Waals surface area contributed by atoms with Gasteiger partial charge in [-0.25, -0.2) is 0 Å². The van der Waals surface area contributed by atoms with E-state index in [0.29, 0.717) is 28.2 Å². The minimum absolute atomic E-state index is 0.0189. The van der Waals surface area contributed by atoms with E-state index < -0.39 is 5.25 Å². The third-order valence-electron chi connectivity index (χ3n) is 4.64. The van der Waals surface area contributed by atoms with Crippen LogP contribution in [0.5, 0.6) is 11.5 Å². The van der Waals surface area contributed by atoms with Crippen molar-refractivity contribution in [1.82, 2.24) is 10.2 Å². The van der Waals surface area contributed by atoms with Crippen molar-refractivity contribution in [1.29, 1.82) is 0 Å². The lowest BCUT2D eigenvalue weighted by Crippen LogP contribution is -2.10. The molecule has 1 aromatic heterocycles. The fourth-order valence-electron chi connectivity index (χ4n) is 3.16. The van der Waals surface area contributed by atoms with Gasteiger partial charge < -0.3 is 13.9 Å². The van der Waals surface area contributed by atoms with E-state index in [4.69, 9.17) is 13.9 Å². The number of ketones is 1. The van der Waals surface area contributed by atoms with Crippen molar-refractivity contribution in [3.63, 3.8) is 0 Å². The molecule has 0 spiro atoms. The van der Waals surface area contributed by atoms with Crippen LogP contribution >= 0.6 is 11.8 Å². The molecule has 2 heterocycles. The highest BCUT2D eigenvalue weighted by molar-refractivity contribution is 8.00. The van der Waals surface area contributed by atoms with Crippen LogP contribution < -0.4 is 9.47 Å². The maximum atomic E-state index is 13.2. The third kappa shape index (κ3) is 3.67. The second-order valence-electron chi connectivity index (χ2n) is 6.58. The molecule has 7 heteroatoms. The van der Waals surface area contributed by atoms with Crippen LogP contribution in [0.4, 0.5) is 0 Å². The minimum atomic E-state index is -0.501. The van der Waals surface area contributed by atoms with Gasteiger partial charge in [0.15, 0.2) is 17.3 Å². The Morgan fingerprint density at radius 3 is 2.40 bits per heavy atom. The molecule has 4 aromatic rings. The molecule has 0 N–H and O–H groups in total. The summed E-state index contributed by atoms with van der Waals surface area (Å²) in [6.45, 7) is 0.198. The Balaban J connectivity index is 1.44. The van der Waals surface area contributed by atoms with Crippen LogP contribution in [0.15, 0.2) is 88.5 Å². The number of rotatable bonds is 6. The van der Waals surface area contributed by atoms with Crippen molar-refractivity contribution in [3.8, 4) is 23.0 Å². The van der Waals surface area contributed by atoms with Gasteiger partial charge in [-0.15, -0.1) is 10.2 Å². The zero-order valence-electron chi connectivity index (χ0n) is 15.7. The molecule has 5 rings (SSSR count). The molecule has 1 aliphatic rings. The summed E-state index contributed by atoms with van der Waals surface area (Å²) in [4.78, 5) is 13.2. The van der Waals surface area contributed by atoms with Crippen molar-refractivity contribution >= 4 is 17.5 Å². The monoisotopic (exact) mass is 416 g/mol. The number of ether oxygens (including phenoxy) is 2. The van der Waals surface area contributed by atoms with Crippen LogP contribution in [-0.4, -0.2) is 22.8 Å². The molecule has 0 saturated heterocycles. The first-order chi connectivity index (χ1) is 14.8. The predicted octanol–water partition coefficient (Wildman–Crippen LogP) is 5.18. The zero-order chi connectivity index (χ0) is 20.3. The molecular formula is C23H16N2O4S. The van der Waals surface area contributed by atoms with E-state index >= 15 is 0 Å². The van der Waals surface area contributed by atoms with Gasteiger partial charge in [-0.05, 0) is 35.5 Å². The molecule has 0 aliphatic carbocycles. The largest absolute Gasteiger partial charge is 0.454 e. The molecule has 148 valence electrons. The molecule has 3 aromatic carbocycles. The van der Waals surface area contributed by atoms with E-state index in [1.54, 1.807) is 12.1 Å². The first-order valence-electron chi connectivity index (χ1n) is 9.32. The minimum Gasteiger partial charge on any atom is -0.454 e. The average molecular weight is 416 g/mol. The van der Waals surface area contributed by atoms with Gasteiger partial charge in [0, 0.05) is 11.1 Å². The number of hydrogen-bond donors (Lipinski definition) is 0. The Hall–Kier alpha value is -3.58. The molecule has 0 fully saturated rings. The number of carbonyl (C=O) groups excluding carboxylic acids is 1. The van der Waals surface area contributed by atoms with E-state index in [0.717, 1.165) is 11.1 Å². The summed E-state index contributed by atoms with van der Waals surface area (Å²) in [5.74, 6) is 1.66. The second kappa shape index (κ2) is 8.04. The Morgan fingerprint density at radius 1 is 0.867 bits per heavy atom. The summed E-state index contributed by atoms with van der Waals surface area (Å²) >= 11 is 1.24. The maximum absolute atomic E-state index is 13.2. The second-order valence-corrected chi connectivity index (χ2v) is 7.64. The van der Waals surface area contributed by atoms with Crippen molar-refractivity contribution < 1.29 is 18.7 Å². The highest BCUT2D eigenvalue weighted by Crippen LogP contribution is 2.39. The van der Waals surface area contributed by atoms with Crippen LogP contribution in [0.2, 0.25) is 0 Å². The standard InChI is InChI=1S/C23H16N2O4S/c26-20(15-7-3-1-4-8-15)21(16-9-5-2-6-10-16)30-23-25-24-22(29-23)17-11-12-18-19(13-17)28-14-27-18/h1-13,21H,14H2.